The van der Waals surface area contributed by atoms with E-state index in [4.69, 9.17) is 16.3 Å². The average molecular weight is 241 g/mol. The third kappa shape index (κ3) is 9.28. The molecule has 0 spiro atoms. The molecule has 88 valence electrons. The molecule has 0 saturated carbocycles. The first-order valence-electron chi connectivity index (χ1n) is 4.91. The molecular weight excluding hydrogens is 224 g/mol. The minimum atomic E-state index is -0.398. The second kappa shape index (κ2) is 7.07. The third-order valence-corrected chi connectivity index (χ3v) is 1.56. The lowest BCUT2D eigenvalue weighted by atomic mass is 10.2. The largest absolute Gasteiger partial charge is 0.457 e. The van der Waals surface area contributed by atoms with E-state index in [-0.39, 0.29) is 5.97 Å². The molecule has 16 heavy (non-hydrogen) atoms. The van der Waals surface area contributed by atoms with Crippen LogP contribution in [0.4, 0.5) is 0 Å². The maximum Gasteiger partial charge on any atom is 0.330 e. The summed E-state index contributed by atoms with van der Waals surface area (Å²) in [5.74, 6) is -0.373. The third-order valence-electron chi connectivity index (χ3n) is 1.31. The van der Waals surface area contributed by atoms with Crippen LogP contribution in [0.3, 0.4) is 0 Å². The van der Waals surface area contributed by atoms with Crippen molar-refractivity contribution in [3.8, 4) is 0 Å². The Morgan fingerprint density at radius 3 is 2.00 bits per heavy atom. The van der Waals surface area contributed by atoms with Crippen molar-refractivity contribution < 1.29 is 9.53 Å². The van der Waals surface area contributed by atoms with Crippen LogP contribution in [0, 0.1) is 0 Å². The summed E-state index contributed by atoms with van der Waals surface area (Å²) in [5, 5.41) is 0.794. The first-order valence-corrected chi connectivity index (χ1v) is 5.29. The monoisotopic (exact) mass is 240 g/mol. The van der Waals surface area contributed by atoms with Gasteiger partial charge in [0, 0.05) is 11.1 Å². The summed E-state index contributed by atoms with van der Waals surface area (Å²) in [6.45, 7) is 8.71. The second-order valence-corrected chi connectivity index (χ2v) is 4.47. The van der Waals surface area contributed by atoms with Crippen LogP contribution in [0.1, 0.15) is 20.8 Å². The van der Waals surface area contributed by atoms with Crippen LogP contribution < -0.4 is 0 Å². The Hall–Kier alpha value is -1.28. The molecule has 0 saturated heterocycles. The average Bonchev–Trinajstić information content (AvgIpc) is 2.17. The molecule has 0 fully saturated rings. The van der Waals surface area contributed by atoms with Gasteiger partial charge in [-0.3, -0.25) is 0 Å². The highest BCUT2D eigenvalue weighted by Crippen LogP contribution is 2.06. The van der Waals surface area contributed by atoms with Crippen LogP contribution in [-0.4, -0.2) is 11.6 Å². The normalized spacial score (nSPS) is 9.75. The molecule has 1 rings (SSSR count). The minimum Gasteiger partial charge on any atom is -0.457 e. The zero-order valence-electron chi connectivity index (χ0n) is 9.87. The van der Waals surface area contributed by atoms with Gasteiger partial charge in [-0.25, -0.2) is 4.79 Å². The van der Waals surface area contributed by atoms with Gasteiger partial charge in [0.15, 0.2) is 0 Å². The van der Waals surface area contributed by atoms with Gasteiger partial charge in [0.2, 0.25) is 0 Å². The zero-order valence-corrected chi connectivity index (χ0v) is 10.6. The number of rotatable bonds is 1. The lowest BCUT2D eigenvalue weighted by Gasteiger charge is -2.17. The van der Waals surface area contributed by atoms with Crippen LogP contribution in [0.25, 0.3) is 0 Å². The summed E-state index contributed by atoms with van der Waals surface area (Å²) in [6.07, 6.45) is 1.16. The quantitative estimate of drug-likeness (QED) is 0.551. The molecule has 0 aliphatic heterocycles. The van der Waals surface area contributed by atoms with Crippen LogP contribution in [0.2, 0.25) is 5.02 Å². The molecule has 0 aromatic heterocycles. The molecule has 0 aliphatic carbocycles. The summed E-state index contributed by atoms with van der Waals surface area (Å²) < 4.78 is 4.83. The van der Waals surface area contributed by atoms with E-state index in [1.165, 1.54) is 0 Å². The molecule has 0 atom stereocenters. The Morgan fingerprint density at radius 1 is 1.31 bits per heavy atom. The topological polar surface area (TPSA) is 26.3 Å². The van der Waals surface area contributed by atoms with Crippen LogP contribution in [-0.2, 0) is 9.53 Å². The predicted octanol–water partition coefficient (Wildman–Crippen LogP) is 3.85. The molecule has 0 unspecified atom stereocenters. The summed E-state index contributed by atoms with van der Waals surface area (Å²) in [4.78, 5) is 10.5. The Labute approximate surface area is 102 Å². The van der Waals surface area contributed by atoms with E-state index in [0.717, 1.165) is 11.1 Å². The smallest absolute Gasteiger partial charge is 0.330 e. The van der Waals surface area contributed by atoms with Crippen molar-refractivity contribution in [2.24, 2.45) is 0 Å². The highest BCUT2D eigenvalue weighted by molar-refractivity contribution is 6.30. The number of hydrogen-bond acceptors (Lipinski definition) is 2. The molecule has 0 aliphatic rings. The van der Waals surface area contributed by atoms with Crippen LogP contribution in [0.5, 0.6) is 0 Å². The second-order valence-electron chi connectivity index (χ2n) is 4.03. The lowest BCUT2D eigenvalue weighted by Crippen LogP contribution is -2.22. The molecule has 0 bridgehead atoms. The molecule has 1 aromatic rings. The summed E-state index contributed by atoms with van der Waals surface area (Å²) in [5.41, 5.74) is -0.398. The Kier molecular flexibility index (Phi) is 6.50. The van der Waals surface area contributed by atoms with E-state index in [1.54, 1.807) is 0 Å². The Morgan fingerprint density at radius 2 is 1.81 bits per heavy atom. The first kappa shape index (κ1) is 14.7. The molecule has 1 aromatic carbocycles. The number of hydrogen-bond donors (Lipinski definition) is 0. The van der Waals surface area contributed by atoms with Gasteiger partial charge in [0.1, 0.15) is 5.60 Å². The van der Waals surface area contributed by atoms with Gasteiger partial charge < -0.3 is 4.74 Å². The van der Waals surface area contributed by atoms with Crippen molar-refractivity contribution in [1.82, 2.24) is 0 Å². The van der Waals surface area contributed by atoms with Crippen molar-refractivity contribution in [2.75, 3.05) is 0 Å². The highest BCUT2D eigenvalue weighted by Gasteiger charge is 2.12. The van der Waals surface area contributed by atoms with Gasteiger partial charge in [0.05, 0.1) is 0 Å². The van der Waals surface area contributed by atoms with Gasteiger partial charge in [-0.05, 0) is 32.9 Å². The van der Waals surface area contributed by atoms with Crippen molar-refractivity contribution in [3.05, 3.63) is 48.0 Å². The van der Waals surface area contributed by atoms with E-state index in [9.17, 15) is 4.79 Å². The fraction of sp³-hybridized carbons (Fsp3) is 0.308. The van der Waals surface area contributed by atoms with Gasteiger partial charge in [-0.2, -0.15) is 0 Å². The maximum absolute atomic E-state index is 10.5. The maximum atomic E-state index is 10.5. The van der Waals surface area contributed by atoms with Crippen LogP contribution in [0.15, 0.2) is 43.0 Å². The molecule has 3 heteroatoms. The van der Waals surface area contributed by atoms with E-state index in [1.807, 2.05) is 51.1 Å². The Balaban J connectivity index is 0.000000288. The van der Waals surface area contributed by atoms with Crippen molar-refractivity contribution in [1.29, 1.82) is 0 Å². The van der Waals surface area contributed by atoms with Gasteiger partial charge in [0.25, 0.3) is 0 Å². The number of esters is 1. The SMILES string of the molecule is C=CC(=O)OC(C)(C)C.Clc1ccccc1. The number of halogens is 1. The van der Waals surface area contributed by atoms with E-state index in [2.05, 4.69) is 6.58 Å². The molecular formula is C13H17ClO2. The predicted molar refractivity (Wildman–Crippen MR) is 67.5 cm³/mol. The fourth-order valence-corrected chi connectivity index (χ4v) is 0.904. The van der Waals surface area contributed by atoms with E-state index >= 15 is 0 Å². The summed E-state index contributed by atoms with van der Waals surface area (Å²) in [6, 6.07) is 9.44. The molecule has 0 amide bonds. The van der Waals surface area contributed by atoms with Gasteiger partial charge in [-0.1, -0.05) is 36.4 Å². The molecule has 0 radical (unpaired) electrons. The van der Waals surface area contributed by atoms with E-state index < -0.39 is 5.60 Å². The van der Waals surface area contributed by atoms with Crippen LogP contribution >= 0.6 is 11.6 Å². The van der Waals surface area contributed by atoms with Crippen molar-refractivity contribution in [3.63, 3.8) is 0 Å². The standard InChI is InChI=1S/C7H12O2.C6H5Cl/c1-5-6(8)9-7(2,3)4;7-6-4-2-1-3-5-6/h5H,1H2,2-4H3;1-5H. The van der Waals surface area contributed by atoms with Crippen molar-refractivity contribution >= 4 is 17.6 Å². The highest BCUT2D eigenvalue weighted by atomic mass is 35.5. The number of carbonyl (C=O) groups excluding carboxylic acids is 1. The number of carbonyl (C=O) groups is 1. The zero-order chi connectivity index (χ0) is 12.6. The number of ether oxygens (including phenoxy) is 1. The van der Waals surface area contributed by atoms with Gasteiger partial charge >= 0.3 is 5.97 Å². The Bertz CT molecular complexity index is 326. The lowest BCUT2D eigenvalue weighted by molar-refractivity contribution is -0.148. The molecule has 0 N–H and O–H groups in total. The molecule has 2 nitrogen and oxygen atoms in total. The van der Waals surface area contributed by atoms with E-state index in [0.29, 0.717) is 0 Å². The first-order chi connectivity index (χ1) is 7.35. The summed E-state index contributed by atoms with van der Waals surface area (Å²) in [7, 11) is 0. The molecule has 0 heterocycles. The fourth-order valence-electron chi connectivity index (χ4n) is 0.758. The van der Waals surface area contributed by atoms with Gasteiger partial charge in [-0.15, -0.1) is 0 Å². The number of benzene rings is 1. The minimum absolute atomic E-state index is 0.373. The van der Waals surface area contributed by atoms with Crippen molar-refractivity contribution in [2.45, 2.75) is 26.4 Å². The summed E-state index contributed by atoms with van der Waals surface area (Å²) >= 11 is 5.54.